The number of hydrogen-bond acceptors (Lipinski definition) is 7. The number of carbonyl (C=O) groups excluding carboxylic acids is 2. The third-order valence-corrected chi connectivity index (χ3v) is 4.42. The molecule has 124 valence electrons. The molecule has 0 fully saturated rings. The predicted octanol–water partition coefficient (Wildman–Crippen LogP) is 3.39. The smallest absolute Gasteiger partial charge is 0.348 e. The fourth-order valence-corrected chi connectivity index (χ4v) is 3.08. The van der Waals surface area contributed by atoms with Crippen LogP contribution >= 0.6 is 22.9 Å². The lowest BCUT2D eigenvalue weighted by Crippen LogP contribution is -2.10. The molecule has 1 heterocycles. The van der Waals surface area contributed by atoms with Gasteiger partial charge in [-0.3, -0.25) is 0 Å². The Hall–Kier alpha value is -2.56. The van der Waals surface area contributed by atoms with E-state index >= 15 is 0 Å². The fourth-order valence-electron chi connectivity index (χ4n) is 1.95. The van der Waals surface area contributed by atoms with E-state index in [0.717, 1.165) is 11.3 Å². The highest BCUT2D eigenvalue weighted by Gasteiger charge is 2.24. The zero-order chi connectivity index (χ0) is 17.7. The molecule has 0 bridgehead atoms. The summed E-state index contributed by atoms with van der Waals surface area (Å²) in [5.74, 6) is -1.27. The Morgan fingerprint density at radius 1 is 1.29 bits per heavy atom. The van der Waals surface area contributed by atoms with E-state index in [0.29, 0.717) is 0 Å². The zero-order valence-corrected chi connectivity index (χ0v) is 14.2. The third-order valence-electron chi connectivity index (χ3n) is 3.05. The molecular weight excluding hydrogens is 352 g/mol. The minimum Gasteiger partial charge on any atom is -0.462 e. The van der Waals surface area contributed by atoms with E-state index in [2.05, 4.69) is 0 Å². The first kappa shape index (κ1) is 17.8. The van der Waals surface area contributed by atoms with Gasteiger partial charge in [-0.1, -0.05) is 23.7 Å². The number of rotatable bonds is 5. The van der Waals surface area contributed by atoms with E-state index < -0.39 is 11.9 Å². The Morgan fingerprint density at radius 2 is 2.00 bits per heavy atom. The van der Waals surface area contributed by atoms with Crippen LogP contribution in [0.2, 0.25) is 5.02 Å². The van der Waals surface area contributed by atoms with Gasteiger partial charge in [-0.05, 0) is 19.1 Å². The van der Waals surface area contributed by atoms with Crippen LogP contribution in [0.1, 0.15) is 38.1 Å². The summed E-state index contributed by atoms with van der Waals surface area (Å²) in [6.45, 7) is 1.56. The van der Waals surface area contributed by atoms with Crippen molar-refractivity contribution < 1.29 is 19.1 Å². The van der Waals surface area contributed by atoms with Crippen molar-refractivity contribution in [2.75, 3.05) is 12.3 Å². The number of thiophene rings is 1. The fraction of sp³-hybridized carbons (Fsp3) is 0.188. The Balaban J connectivity index is 2.26. The molecule has 2 N–H and O–H groups in total. The summed E-state index contributed by atoms with van der Waals surface area (Å²) in [7, 11) is 0. The van der Waals surface area contributed by atoms with Crippen molar-refractivity contribution in [2.45, 2.75) is 13.5 Å². The Bertz CT molecular complexity index is 826. The monoisotopic (exact) mass is 364 g/mol. The molecule has 0 amide bonds. The van der Waals surface area contributed by atoms with Gasteiger partial charge in [0.25, 0.3) is 0 Å². The number of hydrogen-bond donors (Lipinski definition) is 1. The van der Waals surface area contributed by atoms with Gasteiger partial charge in [-0.25, -0.2) is 9.59 Å². The standard InChI is InChI=1S/C16H13ClN2O4S/c1-2-22-16(21)13-11(10(7-18)14(19)24-13)8-23-15(20)9-5-3-4-6-12(9)17/h3-6H,2,8,19H2,1H3. The second-order valence-corrected chi connectivity index (χ2v) is 6.00. The maximum atomic E-state index is 12.1. The summed E-state index contributed by atoms with van der Waals surface area (Å²) in [4.78, 5) is 24.2. The van der Waals surface area contributed by atoms with Crippen LogP contribution in [-0.2, 0) is 16.1 Å². The molecule has 1 aromatic carbocycles. The normalized spacial score (nSPS) is 10.0. The molecular formula is C16H13ClN2O4S. The SMILES string of the molecule is CCOC(=O)c1sc(N)c(C#N)c1COC(=O)c1ccccc1Cl. The lowest BCUT2D eigenvalue weighted by atomic mass is 10.1. The van der Waals surface area contributed by atoms with Crippen LogP contribution in [0.25, 0.3) is 0 Å². The number of benzene rings is 1. The Labute approximate surface area is 147 Å². The summed E-state index contributed by atoms with van der Waals surface area (Å²) in [6, 6.07) is 8.33. The molecule has 0 unspecified atom stereocenters. The van der Waals surface area contributed by atoms with Crippen LogP contribution in [0.15, 0.2) is 24.3 Å². The summed E-state index contributed by atoms with van der Waals surface area (Å²) in [6.07, 6.45) is 0. The van der Waals surface area contributed by atoms with E-state index in [1.807, 2.05) is 6.07 Å². The van der Waals surface area contributed by atoms with Gasteiger partial charge < -0.3 is 15.2 Å². The first-order valence-corrected chi connectivity index (χ1v) is 8.09. The number of esters is 2. The van der Waals surface area contributed by atoms with E-state index in [1.165, 1.54) is 6.07 Å². The van der Waals surface area contributed by atoms with Crippen molar-refractivity contribution in [2.24, 2.45) is 0 Å². The second-order valence-electron chi connectivity index (χ2n) is 4.54. The van der Waals surface area contributed by atoms with E-state index in [1.54, 1.807) is 25.1 Å². The molecule has 0 aliphatic rings. The van der Waals surface area contributed by atoms with Crippen molar-refractivity contribution in [1.82, 2.24) is 0 Å². The van der Waals surface area contributed by atoms with Crippen LogP contribution in [0.5, 0.6) is 0 Å². The molecule has 0 atom stereocenters. The number of ether oxygens (including phenoxy) is 2. The van der Waals surface area contributed by atoms with Crippen molar-refractivity contribution in [3.05, 3.63) is 50.9 Å². The van der Waals surface area contributed by atoms with Crippen LogP contribution < -0.4 is 5.73 Å². The second kappa shape index (κ2) is 7.81. The van der Waals surface area contributed by atoms with Gasteiger partial charge >= 0.3 is 11.9 Å². The maximum absolute atomic E-state index is 12.1. The zero-order valence-electron chi connectivity index (χ0n) is 12.7. The summed E-state index contributed by atoms with van der Waals surface area (Å²) < 4.78 is 10.1. The highest BCUT2D eigenvalue weighted by molar-refractivity contribution is 7.18. The molecule has 0 saturated carbocycles. The number of halogens is 1. The van der Waals surface area contributed by atoms with Crippen LogP contribution in [0.3, 0.4) is 0 Å². The van der Waals surface area contributed by atoms with Crippen LogP contribution in [0.4, 0.5) is 5.00 Å². The summed E-state index contributed by atoms with van der Waals surface area (Å²) in [5, 5.41) is 9.63. The number of nitrogen functional groups attached to an aromatic ring is 1. The molecule has 8 heteroatoms. The topological polar surface area (TPSA) is 102 Å². The maximum Gasteiger partial charge on any atom is 0.348 e. The number of nitrogens with two attached hydrogens (primary N) is 1. The largest absolute Gasteiger partial charge is 0.462 e. The van der Waals surface area contributed by atoms with Gasteiger partial charge in [0.05, 0.1) is 22.8 Å². The minimum absolute atomic E-state index is 0.106. The van der Waals surface area contributed by atoms with Gasteiger partial charge in [0, 0.05) is 5.56 Å². The number of carbonyl (C=O) groups is 2. The lowest BCUT2D eigenvalue weighted by molar-refractivity contribution is 0.0453. The van der Waals surface area contributed by atoms with Crippen molar-refractivity contribution in [1.29, 1.82) is 5.26 Å². The molecule has 0 spiro atoms. The average Bonchev–Trinajstić information content (AvgIpc) is 2.89. The van der Waals surface area contributed by atoms with Crippen molar-refractivity contribution >= 4 is 39.9 Å². The minimum atomic E-state index is -0.663. The summed E-state index contributed by atoms with van der Waals surface area (Å²) >= 11 is 6.87. The van der Waals surface area contributed by atoms with Gasteiger partial charge in [-0.15, -0.1) is 11.3 Å². The number of nitriles is 1. The highest BCUT2D eigenvalue weighted by Crippen LogP contribution is 2.32. The number of anilines is 1. The first-order valence-electron chi connectivity index (χ1n) is 6.89. The Morgan fingerprint density at radius 3 is 2.62 bits per heavy atom. The first-order chi connectivity index (χ1) is 11.5. The quantitative estimate of drug-likeness (QED) is 0.816. The molecule has 0 saturated heterocycles. The van der Waals surface area contributed by atoms with E-state index in [9.17, 15) is 14.9 Å². The number of nitrogens with zero attached hydrogens (tertiary/aromatic N) is 1. The van der Waals surface area contributed by atoms with Gasteiger partial charge in [0.1, 0.15) is 22.6 Å². The van der Waals surface area contributed by atoms with Crippen molar-refractivity contribution in [3.8, 4) is 6.07 Å². The molecule has 2 aromatic rings. The van der Waals surface area contributed by atoms with E-state index in [-0.39, 0.29) is 44.8 Å². The molecule has 0 aliphatic heterocycles. The highest BCUT2D eigenvalue weighted by atomic mass is 35.5. The molecule has 1 aromatic heterocycles. The van der Waals surface area contributed by atoms with Crippen LogP contribution in [-0.4, -0.2) is 18.5 Å². The predicted molar refractivity (Wildman–Crippen MR) is 90.0 cm³/mol. The third kappa shape index (κ3) is 3.67. The van der Waals surface area contributed by atoms with E-state index in [4.69, 9.17) is 26.8 Å². The molecule has 0 radical (unpaired) electrons. The molecule has 24 heavy (non-hydrogen) atoms. The van der Waals surface area contributed by atoms with Gasteiger partial charge in [-0.2, -0.15) is 5.26 Å². The lowest BCUT2D eigenvalue weighted by Gasteiger charge is -2.07. The molecule has 0 aliphatic carbocycles. The molecule has 6 nitrogen and oxygen atoms in total. The molecule has 2 rings (SSSR count). The van der Waals surface area contributed by atoms with Crippen LogP contribution in [0, 0.1) is 11.3 Å². The summed E-state index contributed by atoms with van der Waals surface area (Å²) in [5.41, 5.74) is 6.29. The van der Waals surface area contributed by atoms with Gasteiger partial charge in [0.2, 0.25) is 0 Å². The van der Waals surface area contributed by atoms with Crippen molar-refractivity contribution in [3.63, 3.8) is 0 Å². The average molecular weight is 365 g/mol. The van der Waals surface area contributed by atoms with Gasteiger partial charge in [0.15, 0.2) is 0 Å². The Kier molecular flexibility index (Phi) is 5.79.